The van der Waals surface area contributed by atoms with Crippen LogP contribution in [0.25, 0.3) is 0 Å². The minimum absolute atomic E-state index is 0.0594. The molecule has 6 heteroatoms. The first-order valence-electron chi connectivity index (χ1n) is 7.69. The zero-order valence-corrected chi connectivity index (χ0v) is 14.9. The number of hydrogen-bond donors (Lipinski definition) is 0. The Hall–Kier alpha value is -1.01. The number of sulfone groups is 1. The molecule has 0 N–H and O–H groups in total. The summed E-state index contributed by atoms with van der Waals surface area (Å²) in [5, 5.41) is 1.08. The zero-order valence-electron chi connectivity index (χ0n) is 13.2. The van der Waals surface area contributed by atoms with Crippen molar-refractivity contribution in [3.8, 4) is 0 Å². The van der Waals surface area contributed by atoms with E-state index in [4.69, 9.17) is 4.99 Å². The largest absolute Gasteiger partial charge is 0.321 e. The van der Waals surface area contributed by atoms with E-state index in [0.717, 1.165) is 23.8 Å². The van der Waals surface area contributed by atoms with E-state index in [1.165, 1.54) is 11.1 Å². The van der Waals surface area contributed by atoms with Crippen LogP contribution in [0.5, 0.6) is 0 Å². The van der Waals surface area contributed by atoms with Crippen LogP contribution in [0, 0.1) is 13.8 Å². The summed E-state index contributed by atoms with van der Waals surface area (Å²) in [5.74, 6) is 0.475. The summed E-state index contributed by atoms with van der Waals surface area (Å²) in [4.78, 5) is 6.96. The molecule has 2 atom stereocenters. The van der Waals surface area contributed by atoms with Crippen LogP contribution < -0.4 is 4.90 Å². The molecular weight excluding hydrogens is 316 g/mol. The Balaban J connectivity index is 1.88. The van der Waals surface area contributed by atoms with Gasteiger partial charge in [-0.05, 0) is 43.5 Å². The fourth-order valence-corrected chi connectivity index (χ4v) is 6.73. The van der Waals surface area contributed by atoms with Crippen LogP contribution in [-0.2, 0) is 9.84 Å². The number of rotatable bonds is 3. The number of anilines is 1. The lowest BCUT2D eigenvalue weighted by atomic mass is 10.1. The fraction of sp³-hybridized carbons (Fsp3) is 0.562. The van der Waals surface area contributed by atoms with Crippen molar-refractivity contribution in [1.82, 2.24) is 0 Å². The molecule has 1 saturated heterocycles. The number of fused-ring (bicyclic) bond motifs is 1. The smallest absolute Gasteiger partial charge is 0.164 e. The Morgan fingerprint density at radius 2 is 2.05 bits per heavy atom. The van der Waals surface area contributed by atoms with Crippen molar-refractivity contribution in [3.63, 3.8) is 0 Å². The van der Waals surface area contributed by atoms with Crippen molar-refractivity contribution in [2.45, 2.75) is 38.5 Å². The quantitative estimate of drug-likeness (QED) is 0.850. The van der Waals surface area contributed by atoms with E-state index in [2.05, 4.69) is 43.9 Å². The molecule has 1 fully saturated rings. The standard InChI is InChI=1S/C16H22N2O2S2/c1-4-7-18(13-6-5-11(2)12(3)8-13)16-17-14-9-22(19,20)10-15(14)21-16/h5-6,8,14-15H,4,7,9-10H2,1-3H3/t14-,15-/m0/s1. The summed E-state index contributed by atoms with van der Waals surface area (Å²) in [7, 11) is -2.89. The van der Waals surface area contributed by atoms with Crippen LogP contribution in [0.1, 0.15) is 24.5 Å². The molecule has 1 aromatic rings. The molecule has 0 saturated carbocycles. The van der Waals surface area contributed by atoms with Crippen molar-refractivity contribution in [3.05, 3.63) is 29.3 Å². The minimum atomic E-state index is -2.89. The molecule has 22 heavy (non-hydrogen) atoms. The Kier molecular flexibility index (Phi) is 4.25. The van der Waals surface area contributed by atoms with E-state index in [9.17, 15) is 8.42 Å². The summed E-state index contributed by atoms with van der Waals surface area (Å²) >= 11 is 1.63. The lowest BCUT2D eigenvalue weighted by Crippen LogP contribution is -2.29. The molecule has 0 amide bonds. The molecule has 0 unspecified atom stereocenters. The molecule has 0 aromatic heterocycles. The highest BCUT2D eigenvalue weighted by Crippen LogP contribution is 2.37. The SMILES string of the molecule is CCCN(C1=N[C@H]2CS(=O)(=O)C[C@@H]2S1)c1ccc(C)c(C)c1. The van der Waals surface area contributed by atoms with Crippen molar-refractivity contribution in [1.29, 1.82) is 0 Å². The maximum Gasteiger partial charge on any atom is 0.164 e. The summed E-state index contributed by atoms with van der Waals surface area (Å²) in [6.45, 7) is 7.29. The van der Waals surface area contributed by atoms with Gasteiger partial charge in [0.15, 0.2) is 15.0 Å². The molecule has 3 rings (SSSR count). The number of benzene rings is 1. The van der Waals surface area contributed by atoms with Gasteiger partial charge in [-0.2, -0.15) is 0 Å². The molecule has 1 aromatic carbocycles. The number of nitrogens with zero attached hydrogens (tertiary/aromatic N) is 2. The second kappa shape index (κ2) is 5.89. The van der Waals surface area contributed by atoms with Gasteiger partial charge >= 0.3 is 0 Å². The summed E-state index contributed by atoms with van der Waals surface area (Å²) in [6.07, 6.45) is 1.03. The van der Waals surface area contributed by atoms with Crippen molar-refractivity contribution < 1.29 is 8.42 Å². The average molecular weight is 338 g/mol. The van der Waals surface area contributed by atoms with Crippen LogP contribution in [0.4, 0.5) is 5.69 Å². The van der Waals surface area contributed by atoms with Crippen LogP contribution >= 0.6 is 11.8 Å². The highest BCUT2D eigenvalue weighted by Gasteiger charge is 2.43. The fourth-order valence-electron chi connectivity index (χ4n) is 2.92. The molecule has 4 nitrogen and oxygen atoms in total. The zero-order chi connectivity index (χ0) is 15.9. The van der Waals surface area contributed by atoms with Gasteiger partial charge in [-0.25, -0.2) is 8.42 Å². The van der Waals surface area contributed by atoms with Crippen molar-refractivity contribution >= 4 is 32.5 Å². The van der Waals surface area contributed by atoms with Crippen LogP contribution in [0.3, 0.4) is 0 Å². The first kappa shape index (κ1) is 15.9. The number of aliphatic imine (C=N–C) groups is 1. The third-order valence-electron chi connectivity index (χ3n) is 4.29. The van der Waals surface area contributed by atoms with Crippen LogP contribution in [-0.4, -0.2) is 42.9 Å². The summed E-state index contributed by atoms with van der Waals surface area (Å²) in [6, 6.07) is 6.40. The lowest BCUT2D eigenvalue weighted by molar-refractivity contribution is 0.601. The summed E-state index contributed by atoms with van der Waals surface area (Å²) < 4.78 is 23.4. The Morgan fingerprint density at radius 3 is 2.68 bits per heavy atom. The minimum Gasteiger partial charge on any atom is -0.321 e. The van der Waals surface area contributed by atoms with Crippen molar-refractivity contribution in [2.24, 2.45) is 4.99 Å². The third kappa shape index (κ3) is 3.04. The van der Waals surface area contributed by atoms with Crippen LogP contribution in [0.2, 0.25) is 0 Å². The van der Waals surface area contributed by atoms with E-state index >= 15 is 0 Å². The molecule has 2 heterocycles. The molecule has 2 aliphatic rings. The Morgan fingerprint density at radius 1 is 1.27 bits per heavy atom. The van der Waals surface area contributed by atoms with Gasteiger partial charge in [0.1, 0.15) is 0 Å². The molecular formula is C16H22N2O2S2. The molecule has 0 radical (unpaired) electrons. The topological polar surface area (TPSA) is 49.7 Å². The van der Waals surface area contributed by atoms with E-state index in [1.54, 1.807) is 11.8 Å². The second-order valence-corrected chi connectivity index (χ2v) is 9.49. The normalized spacial score (nSPS) is 25.9. The van der Waals surface area contributed by atoms with Crippen molar-refractivity contribution in [2.75, 3.05) is 23.0 Å². The second-order valence-electron chi connectivity index (χ2n) is 6.13. The van der Waals surface area contributed by atoms with Gasteiger partial charge in [0.25, 0.3) is 0 Å². The van der Waals surface area contributed by atoms with Gasteiger partial charge in [-0.1, -0.05) is 24.8 Å². The molecule has 2 aliphatic heterocycles. The van der Waals surface area contributed by atoms with E-state index in [1.807, 2.05) is 0 Å². The highest BCUT2D eigenvalue weighted by atomic mass is 32.2. The number of aryl methyl sites for hydroxylation is 2. The maximum atomic E-state index is 11.7. The predicted molar refractivity (Wildman–Crippen MR) is 94.8 cm³/mol. The number of thioether (sulfide) groups is 1. The lowest BCUT2D eigenvalue weighted by Gasteiger charge is -2.24. The van der Waals surface area contributed by atoms with E-state index in [0.29, 0.717) is 0 Å². The number of hydrogen-bond acceptors (Lipinski definition) is 5. The molecule has 120 valence electrons. The Bertz CT molecular complexity index is 713. The van der Waals surface area contributed by atoms with Gasteiger partial charge in [0, 0.05) is 17.5 Å². The van der Waals surface area contributed by atoms with Gasteiger partial charge in [0.05, 0.1) is 17.5 Å². The van der Waals surface area contributed by atoms with Gasteiger partial charge < -0.3 is 4.90 Å². The van der Waals surface area contributed by atoms with Crippen LogP contribution in [0.15, 0.2) is 23.2 Å². The van der Waals surface area contributed by atoms with Gasteiger partial charge in [-0.15, -0.1) is 0 Å². The first-order chi connectivity index (χ1) is 10.4. The van der Waals surface area contributed by atoms with E-state index < -0.39 is 9.84 Å². The molecule has 0 aliphatic carbocycles. The predicted octanol–water partition coefficient (Wildman–Crippen LogP) is 2.79. The average Bonchev–Trinajstić information content (AvgIpc) is 2.92. The summed E-state index contributed by atoms with van der Waals surface area (Å²) in [5.41, 5.74) is 3.70. The third-order valence-corrected chi connectivity index (χ3v) is 7.53. The number of amidine groups is 1. The molecule has 0 spiro atoms. The van der Waals surface area contributed by atoms with Gasteiger partial charge in [-0.3, -0.25) is 4.99 Å². The van der Waals surface area contributed by atoms with E-state index in [-0.39, 0.29) is 22.8 Å². The molecule has 0 bridgehead atoms. The van der Waals surface area contributed by atoms with Gasteiger partial charge in [0.2, 0.25) is 0 Å². The highest BCUT2D eigenvalue weighted by molar-refractivity contribution is 8.15. The Labute approximate surface area is 136 Å². The first-order valence-corrected chi connectivity index (χ1v) is 10.4. The maximum absolute atomic E-state index is 11.7. The monoisotopic (exact) mass is 338 g/mol.